The maximum atomic E-state index is 13.5. The smallest absolute Gasteiger partial charge is 0.265 e. The number of fused-ring (bicyclic) bond motifs is 1. The number of aliphatic hydroxyl groups excluding tert-OH is 1. The number of ether oxygens (including phenoxy) is 2. The molecule has 8 rings (SSSR count). The van der Waals surface area contributed by atoms with Crippen molar-refractivity contribution < 1.29 is 24.6 Å². The topological polar surface area (TPSA) is 147 Å². The van der Waals surface area contributed by atoms with E-state index in [-0.39, 0.29) is 5.91 Å². The molecule has 3 aliphatic rings. The summed E-state index contributed by atoms with van der Waals surface area (Å²) in [5.41, 5.74) is 7.40. The Hall–Kier alpha value is -4.76. The molecule has 2 aromatic heterocycles. The van der Waals surface area contributed by atoms with Crippen LogP contribution in [0.4, 0.5) is 17.1 Å². The number of allylic oxidation sites excluding steroid dienone is 2. The molecule has 1 aliphatic carbocycles. The SMILES string of the molecule is CC1=CCCCC1.CN1CCN(c2ccc(C(=O)NSc3ccc(NCC4CCOCC4)c(NO)c3)c(Oc3cnc4[nH]ccc4c3)c2)CC1.CO.Clc1ccccc1. The maximum absolute atomic E-state index is 13.5. The Labute approximate surface area is 357 Å². The van der Waals surface area contributed by atoms with Crippen molar-refractivity contribution in [1.29, 1.82) is 0 Å². The van der Waals surface area contributed by atoms with E-state index < -0.39 is 0 Å². The van der Waals surface area contributed by atoms with Crippen molar-refractivity contribution in [2.75, 3.05) is 75.8 Å². The van der Waals surface area contributed by atoms with Gasteiger partial charge >= 0.3 is 0 Å². The van der Waals surface area contributed by atoms with Crippen LogP contribution in [0.1, 0.15) is 55.8 Å². The predicted molar refractivity (Wildman–Crippen MR) is 241 cm³/mol. The minimum atomic E-state index is -0.291. The lowest BCUT2D eigenvalue weighted by Crippen LogP contribution is -2.44. The molecule has 0 bridgehead atoms. The van der Waals surface area contributed by atoms with Gasteiger partial charge in [0.2, 0.25) is 0 Å². The number of anilines is 3. The number of carbonyl (C=O) groups is 1. The number of likely N-dealkylation sites (N-methyl/N-ethyl adjacent to an activating group) is 1. The Bertz CT molecular complexity index is 2050. The average molecular weight is 845 g/mol. The molecule has 0 saturated carbocycles. The number of aliphatic hydroxyl groups is 1. The van der Waals surface area contributed by atoms with Gasteiger partial charge in [-0.3, -0.25) is 20.2 Å². The van der Waals surface area contributed by atoms with E-state index in [4.69, 9.17) is 26.2 Å². The first-order valence-electron chi connectivity index (χ1n) is 20.2. The molecule has 0 spiro atoms. The van der Waals surface area contributed by atoms with Gasteiger partial charge in [-0.15, -0.1) is 0 Å². The van der Waals surface area contributed by atoms with Crippen LogP contribution in [0.15, 0.2) is 108 Å². The lowest BCUT2D eigenvalue weighted by molar-refractivity contribution is 0.0699. The molecule has 0 atom stereocenters. The van der Waals surface area contributed by atoms with Gasteiger partial charge in [-0.25, -0.2) is 4.98 Å². The fourth-order valence-electron chi connectivity index (χ4n) is 6.76. The Morgan fingerprint density at radius 1 is 0.983 bits per heavy atom. The van der Waals surface area contributed by atoms with Crippen LogP contribution in [0.2, 0.25) is 5.02 Å². The van der Waals surface area contributed by atoms with Crippen LogP contribution in [0.5, 0.6) is 11.5 Å². The van der Waals surface area contributed by atoms with Crippen LogP contribution in [-0.2, 0) is 4.74 Å². The minimum Gasteiger partial charge on any atom is -0.455 e. The van der Waals surface area contributed by atoms with E-state index in [0.29, 0.717) is 28.7 Å². The van der Waals surface area contributed by atoms with Crippen LogP contribution in [-0.4, -0.2) is 91.2 Å². The van der Waals surface area contributed by atoms with Crippen LogP contribution in [0, 0.1) is 5.92 Å². The fraction of sp³-hybridized carbons (Fsp3) is 0.378. The van der Waals surface area contributed by atoms with Gasteiger partial charge in [0.1, 0.15) is 17.1 Å². The summed E-state index contributed by atoms with van der Waals surface area (Å²) in [5.74, 6) is 1.25. The second-order valence-electron chi connectivity index (χ2n) is 14.5. The van der Waals surface area contributed by atoms with Crippen molar-refractivity contribution in [3.8, 4) is 11.5 Å². The Morgan fingerprint density at radius 2 is 1.76 bits per heavy atom. The van der Waals surface area contributed by atoms with E-state index in [1.807, 2.05) is 79.0 Å². The first kappa shape index (κ1) is 45.3. The Balaban J connectivity index is 0.000000345. The summed E-state index contributed by atoms with van der Waals surface area (Å²) in [6.07, 6.45) is 13.4. The number of aromatic nitrogens is 2. The van der Waals surface area contributed by atoms with E-state index >= 15 is 0 Å². The van der Waals surface area contributed by atoms with E-state index in [1.54, 1.807) is 17.8 Å². The molecule has 5 aromatic rings. The molecule has 2 fully saturated rings. The number of halogens is 1. The molecule has 316 valence electrons. The van der Waals surface area contributed by atoms with Gasteiger partial charge < -0.3 is 34.7 Å². The van der Waals surface area contributed by atoms with Gasteiger partial charge in [-0.2, -0.15) is 0 Å². The maximum Gasteiger partial charge on any atom is 0.265 e. The minimum absolute atomic E-state index is 0.291. The normalized spacial score (nSPS) is 15.6. The summed E-state index contributed by atoms with van der Waals surface area (Å²) in [5, 5.41) is 21.9. The number of H-pyrrole nitrogens is 1. The third-order valence-electron chi connectivity index (χ3n) is 10.2. The summed E-state index contributed by atoms with van der Waals surface area (Å²) in [6.45, 7) is 8.34. The van der Waals surface area contributed by atoms with Crippen molar-refractivity contribution in [3.63, 3.8) is 0 Å². The van der Waals surface area contributed by atoms with E-state index in [2.05, 4.69) is 55.3 Å². The van der Waals surface area contributed by atoms with Gasteiger partial charge in [0.05, 0.1) is 23.1 Å². The number of carbonyl (C=O) groups excluding carboxylic acids is 1. The quantitative estimate of drug-likeness (QED) is 0.0454. The standard InChI is InChI=1S/C31H37N7O4S.C7H12.C6H5Cl.CH4O/c1-37-10-12-38(13-11-37)23-2-4-26(29(17-23)42-24-16-22-6-9-32-30(22)34-20-24)31(39)36-43-25-3-5-27(28(18-25)35-40)33-19-21-7-14-41-15-8-21;1-7-5-3-2-4-6-7;7-6-4-2-1-3-5-6;1-2/h2-6,9,16-18,20-21,33,35,40H,7-8,10-15,19H2,1H3,(H,32,34)(H,36,39);5H,2-4,6H2,1H3;1-5H;2H,1H3. The summed E-state index contributed by atoms with van der Waals surface area (Å²) in [4.78, 5) is 26.4. The van der Waals surface area contributed by atoms with Gasteiger partial charge in [0.15, 0.2) is 0 Å². The van der Waals surface area contributed by atoms with Crippen molar-refractivity contribution >= 4 is 57.6 Å². The monoisotopic (exact) mass is 843 g/mol. The molecule has 2 saturated heterocycles. The highest BCUT2D eigenvalue weighted by Gasteiger charge is 2.20. The summed E-state index contributed by atoms with van der Waals surface area (Å²) >= 11 is 6.72. The number of benzene rings is 3. The highest BCUT2D eigenvalue weighted by molar-refractivity contribution is 7.98. The molecule has 6 N–H and O–H groups in total. The van der Waals surface area contributed by atoms with Crippen molar-refractivity contribution in [1.82, 2.24) is 19.6 Å². The zero-order valence-corrected chi connectivity index (χ0v) is 35.8. The van der Waals surface area contributed by atoms with Crippen LogP contribution < -0.4 is 25.2 Å². The van der Waals surface area contributed by atoms with Crippen molar-refractivity contribution in [2.24, 2.45) is 5.92 Å². The molecule has 2 aliphatic heterocycles. The molecule has 59 heavy (non-hydrogen) atoms. The Morgan fingerprint density at radius 3 is 2.42 bits per heavy atom. The molecule has 3 aromatic carbocycles. The highest BCUT2D eigenvalue weighted by Crippen LogP contribution is 2.33. The number of aromatic amines is 1. The molecular formula is C45H58ClN7O5S. The molecule has 12 nitrogen and oxygen atoms in total. The molecular weight excluding hydrogens is 786 g/mol. The first-order chi connectivity index (χ1) is 28.8. The van der Waals surface area contributed by atoms with Gasteiger partial charge in [0.25, 0.3) is 5.91 Å². The predicted octanol–water partition coefficient (Wildman–Crippen LogP) is 9.64. The molecule has 14 heteroatoms. The summed E-state index contributed by atoms with van der Waals surface area (Å²) < 4.78 is 14.7. The largest absolute Gasteiger partial charge is 0.455 e. The number of nitrogens with zero attached hydrogens (tertiary/aromatic N) is 3. The van der Waals surface area contributed by atoms with Crippen LogP contribution in [0.25, 0.3) is 11.0 Å². The summed E-state index contributed by atoms with van der Waals surface area (Å²) in [6, 6.07) is 24.6. The van der Waals surface area contributed by atoms with E-state index in [0.717, 1.165) is 98.2 Å². The number of nitrogens with one attached hydrogen (secondary N) is 4. The number of hydrogen-bond acceptors (Lipinski definition) is 11. The first-order valence-corrected chi connectivity index (χ1v) is 21.4. The van der Waals surface area contributed by atoms with Crippen molar-refractivity contribution in [3.05, 3.63) is 113 Å². The van der Waals surface area contributed by atoms with Gasteiger partial charge in [-0.1, -0.05) is 41.4 Å². The zero-order chi connectivity index (χ0) is 41.8. The number of amides is 1. The third-order valence-corrected chi connectivity index (χ3v) is 11.3. The van der Waals surface area contributed by atoms with Crippen LogP contribution >= 0.6 is 23.5 Å². The lowest BCUT2D eigenvalue weighted by Gasteiger charge is -2.34. The van der Waals surface area contributed by atoms with Gasteiger partial charge in [-0.05, 0) is 125 Å². The van der Waals surface area contributed by atoms with Crippen LogP contribution in [0.3, 0.4) is 0 Å². The molecule has 0 radical (unpaired) electrons. The molecule has 4 heterocycles. The number of hydrogen-bond donors (Lipinski definition) is 6. The van der Waals surface area contributed by atoms with E-state index in [9.17, 15) is 10.0 Å². The molecule has 0 unspecified atom stereocenters. The number of piperazine rings is 1. The van der Waals surface area contributed by atoms with Gasteiger partial charge in [0, 0.05) is 86.3 Å². The lowest BCUT2D eigenvalue weighted by atomic mass is 10.0. The van der Waals surface area contributed by atoms with E-state index in [1.165, 1.54) is 37.6 Å². The second kappa shape index (κ2) is 24.4. The average Bonchev–Trinajstić information content (AvgIpc) is 3.75. The summed E-state index contributed by atoms with van der Waals surface area (Å²) in [7, 11) is 3.12. The second-order valence-corrected chi connectivity index (χ2v) is 15.9. The fourth-order valence-corrected chi connectivity index (χ4v) is 7.54. The Kier molecular flexibility index (Phi) is 18.7. The molecule has 1 amide bonds. The number of pyridine rings is 1. The van der Waals surface area contributed by atoms with Crippen molar-refractivity contribution in [2.45, 2.75) is 50.3 Å². The zero-order valence-electron chi connectivity index (χ0n) is 34.3. The number of rotatable bonds is 10. The highest BCUT2D eigenvalue weighted by atomic mass is 35.5. The third kappa shape index (κ3) is 14.5.